The molecule has 1 heterocycles. The van der Waals surface area contributed by atoms with E-state index in [1.807, 2.05) is 13.2 Å². The predicted molar refractivity (Wildman–Crippen MR) is 55.3 cm³/mol. The van der Waals surface area contributed by atoms with Gasteiger partial charge in [0.2, 0.25) is 0 Å². The van der Waals surface area contributed by atoms with Crippen LogP contribution in [0.4, 0.5) is 0 Å². The maximum absolute atomic E-state index is 9.60. The van der Waals surface area contributed by atoms with Crippen LogP contribution in [-0.4, -0.2) is 14.9 Å². The Bertz CT molecular complexity index is 465. The van der Waals surface area contributed by atoms with Crippen LogP contribution in [0.3, 0.4) is 0 Å². The molecule has 0 saturated carbocycles. The van der Waals surface area contributed by atoms with Crippen LogP contribution in [0.2, 0.25) is 5.02 Å². The Hall–Kier alpha value is -1.48. The van der Waals surface area contributed by atoms with Gasteiger partial charge in [-0.1, -0.05) is 11.6 Å². The molecule has 3 nitrogen and oxygen atoms in total. The molecule has 14 heavy (non-hydrogen) atoms. The van der Waals surface area contributed by atoms with E-state index in [1.165, 1.54) is 0 Å². The normalized spacial score (nSPS) is 10.4. The van der Waals surface area contributed by atoms with E-state index in [2.05, 4.69) is 5.10 Å². The van der Waals surface area contributed by atoms with Crippen LogP contribution in [0.25, 0.3) is 11.1 Å². The van der Waals surface area contributed by atoms with E-state index in [0.717, 1.165) is 5.56 Å². The molecule has 0 fully saturated rings. The van der Waals surface area contributed by atoms with Crippen molar-refractivity contribution in [3.63, 3.8) is 0 Å². The summed E-state index contributed by atoms with van der Waals surface area (Å²) in [7, 11) is 1.82. The van der Waals surface area contributed by atoms with Gasteiger partial charge in [0, 0.05) is 29.4 Å². The van der Waals surface area contributed by atoms with Crippen LogP contribution in [0, 0.1) is 0 Å². The van der Waals surface area contributed by atoms with Gasteiger partial charge in [0.25, 0.3) is 0 Å². The lowest BCUT2D eigenvalue weighted by atomic mass is 10.1. The van der Waals surface area contributed by atoms with Crippen molar-refractivity contribution in [2.75, 3.05) is 0 Å². The average Bonchev–Trinajstić information content (AvgIpc) is 2.56. The molecule has 0 atom stereocenters. The molecule has 1 aromatic carbocycles. The van der Waals surface area contributed by atoms with Crippen molar-refractivity contribution >= 4 is 11.6 Å². The van der Waals surface area contributed by atoms with Crippen LogP contribution >= 0.6 is 11.6 Å². The number of aryl methyl sites for hydroxylation is 1. The van der Waals surface area contributed by atoms with E-state index in [-0.39, 0.29) is 5.75 Å². The van der Waals surface area contributed by atoms with Crippen molar-refractivity contribution in [3.8, 4) is 16.9 Å². The molecular weight excluding hydrogens is 200 g/mol. The van der Waals surface area contributed by atoms with Gasteiger partial charge in [-0.3, -0.25) is 4.68 Å². The topological polar surface area (TPSA) is 38.0 Å². The fourth-order valence-corrected chi connectivity index (χ4v) is 1.47. The maximum atomic E-state index is 9.60. The standard InChI is InChI=1S/C10H9ClN2O/c1-13-6-7(5-12-13)9-4-8(11)2-3-10(9)14/h2-6,14H,1H3. The average molecular weight is 209 g/mol. The molecule has 0 saturated heterocycles. The fraction of sp³-hybridized carbons (Fsp3) is 0.100. The summed E-state index contributed by atoms with van der Waals surface area (Å²) in [5.41, 5.74) is 1.55. The Kier molecular flexibility index (Phi) is 2.17. The molecule has 1 N–H and O–H groups in total. The Morgan fingerprint density at radius 1 is 1.43 bits per heavy atom. The molecular formula is C10H9ClN2O. The van der Waals surface area contributed by atoms with Crippen LogP contribution in [0.1, 0.15) is 0 Å². The van der Waals surface area contributed by atoms with Gasteiger partial charge in [0.15, 0.2) is 0 Å². The fourth-order valence-electron chi connectivity index (χ4n) is 1.30. The highest BCUT2D eigenvalue weighted by molar-refractivity contribution is 6.30. The van der Waals surface area contributed by atoms with E-state index in [9.17, 15) is 5.11 Å². The summed E-state index contributed by atoms with van der Waals surface area (Å²) in [5.74, 6) is 0.211. The summed E-state index contributed by atoms with van der Waals surface area (Å²) in [6.45, 7) is 0. The SMILES string of the molecule is Cn1cc(-c2cc(Cl)ccc2O)cn1. The zero-order valence-electron chi connectivity index (χ0n) is 7.61. The molecule has 1 aromatic heterocycles. The van der Waals surface area contributed by atoms with Gasteiger partial charge in [-0.15, -0.1) is 0 Å². The predicted octanol–water partition coefficient (Wildman–Crippen LogP) is 2.45. The first kappa shape index (κ1) is 9.09. The van der Waals surface area contributed by atoms with Gasteiger partial charge in [-0.25, -0.2) is 0 Å². The zero-order valence-corrected chi connectivity index (χ0v) is 8.36. The van der Waals surface area contributed by atoms with E-state index in [0.29, 0.717) is 10.6 Å². The van der Waals surface area contributed by atoms with Gasteiger partial charge >= 0.3 is 0 Å². The van der Waals surface area contributed by atoms with Crippen molar-refractivity contribution < 1.29 is 5.11 Å². The Morgan fingerprint density at radius 3 is 2.86 bits per heavy atom. The quantitative estimate of drug-likeness (QED) is 0.782. The van der Waals surface area contributed by atoms with Gasteiger partial charge < -0.3 is 5.11 Å². The second-order valence-electron chi connectivity index (χ2n) is 3.06. The molecule has 0 bridgehead atoms. The molecule has 0 radical (unpaired) electrons. The van der Waals surface area contributed by atoms with Crippen LogP contribution in [0.5, 0.6) is 5.75 Å². The lowest BCUT2D eigenvalue weighted by molar-refractivity contribution is 0.477. The van der Waals surface area contributed by atoms with Crippen molar-refractivity contribution in [2.45, 2.75) is 0 Å². The van der Waals surface area contributed by atoms with Crippen LogP contribution in [-0.2, 0) is 7.05 Å². The number of benzene rings is 1. The molecule has 0 unspecified atom stereocenters. The number of nitrogens with zero attached hydrogens (tertiary/aromatic N) is 2. The first-order chi connectivity index (χ1) is 6.66. The first-order valence-electron chi connectivity index (χ1n) is 4.14. The third-order valence-electron chi connectivity index (χ3n) is 1.97. The van der Waals surface area contributed by atoms with Gasteiger partial charge in [0.1, 0.15) is 5.75 Å². The minimum atomic E-state index is 0.211. The molecule has 4 heteroatoms. The summed E-state index contributed by atoms with van der Waals surface area (Å²) < 4.78 is 1.68. The first-order valence-corrected chi connectivity index (χ1v) is 4.52. The van der Waals surface area contributed by atoms with Gasteiger partial charge in [0.05, 0.1) is 6.20 Å². The minimum Gasteiger partial charge on any atom is -0.507 e. The highest BCUT2D eigenvalue weighted by Crippen LogP contribution is 2.30. The summed E-state index contributed by atoms with van der Waals surface area (Å²) >= 11 is 5.84. The van der Waals surface area contributed by atoms with Gasteiger partial charge in [-0.2, -0.15) is 5.10 Å². The van der Waals surface area contributed by atoms with Crippen LogP contribution in [0.15, 0.2) is 30.6 Å². The molecule has 0 aliphatic heterocycles. The van der Waals surface area contributed by atoms with Crippen molar-refractivity contribution in [1.82, 2.24) is 9.78 Å². The van der Waals surface area contributed by atoms with Crippen molar-refractivity contribution in [1.29, 1.82) is 0 Å². The van der Waals surface area contributed by atoms with E-state index < -0.39 is 0 Å². The summed E-state index contributed by atoms with van der Waals surface area (Å²) in [4.78, 5) is 0. The van der Waals surface area contributed by atoms with Gasteiger partial charge in [-0.05, 0) is 18.2 Å². The molecule has 0 amide bonds. The third kappa shape index (κ3) is 1.59. The highest BCUT2D eigenvalue weighted by atomic mass is 35.5. The van der Waals surface area contributed by atoms with E-state index in [4.69, 9.17) is 11.6 Å². The monoisotopic (exact) mass is 208 g/mol. The molecule has 0 spiro atoms. The lowest BCUT2D eigenvalue weighted by Gasteiger charge is -2.01. The van der Waals surface area contributed by atoms with Crippen LogP contribution < -0.4 is 0 Å². The Balaban J connectivity index is 2.55. The van der Waals surface area contributed by atoms with Crippen molar-refractivity contribution in [3.05, 3.63) is 35.6 Å². The lowest BCUT2D eigenvalue weighted by Crippen LogP contribution is -1.84. The minimum absolute atomic E-state index is 0.211. The molecule has 2 aromatic rings. The van der Waals surface area contributed by atoms with E-state index >= 15 is 0 Å². The molecule has 2 rings (SSSR count). The number of halogens is 1. The molecule has 0 aliphatic carbocycles. The smallest absolute Gasteiger partial charge is 0.123 e. The largest absolute Gasteiger partial charge is 0.507 e. The van der Waals surface area contributed by atoms with Crippen molar-refractivity contribution in [2.24, 2.45) is 7.05 Å². The number of aromatic nitrogens is 2. The number of rotatable bonds is 1. The molecule has 72 valence electrons. The summed E-state index contributed by atoms with van der Waals surface area (Å²) in [6, 6.07) is 4.94. The summed E-state index contributed by atoms with van der Waals surface area (Å²) in [5, 5.41) is 14.2. The number of hydrogen-bond acceptors (Lipinski definition) is 2. The number of phenolic OH excluding ortho intramolecular Hbond substituents is 1. The summed E-state index contributed by atoms with van der Waals surface area (Å²) in [6.07, 6.45) is 3.51. The number of phenols is 1. The Morgan fingerprint density at radius 2 is 2.21 bits per heavy atom. The second kappa shape index (κ2) is 3.35. The zero-order chi connectivity index (χ0) is 10.1. The number of hydrogen-bond donors (Lipinski definition) is 1. The van der Waals surface area contributed by atoms with E-state index in [1.54, 1.807) is 29.1 Å². The second-order valence-corrected chi connectivity index (χ2v) is 3.50. The third-order valence-corrected chi connectivity index (χ3v) is 2.21. The maximum Gasteiger partial charge on any atom is 0.123 e. The highest BCUT2D eigenvalue weighted by Gasteiger charge is 2.06. The Labute approximate surface area is 86.6 Å². The number of aromatic hydroxyl groups is 1. The molecule has 0 aliphatic rings.